The van der Waals surface area contributed by atoms with Crippen molar-refractivity contribution in [2.24, 2.45) is 11.8 Å². The third-order valence-electron chi connectivity index (χ3n) is 2.94. The molecule has 0 saturated carbocycles. The van der Waals surface area contributed by atoms with Crippen LogP contribution < -0.4 is 5.43 Å². The lowest BCUT2D eigenvalue weighted by Gasteiger charge is -2.22. The van der Waals surface area contributed by atoms with Gasteiger partial charge in [-0.1, -0.05) is 27.7 Å². The molecule has 1 saturated heterocycles. The Bertz CT molecular complexity index is 143. The van der Waals surface area contributed by atoms with E-state index < -0.39 is 0 Å². The number of nitrogens with zero attached hydrogens (tertiary/aromatic N) is 1. The Morgan fingerprint density at radius 2 is 1.75 bits per heavy atom. The summed E-state index contributed by atoms with van der Waals surface area (Å²) in [5, 5.41) is 2.29. The van der Waals surface area contributed by atoms with Crippen molar-refractivity contribution in [3.05, 3.63) is 0 Å². The molecule has 1 fully saturated rings. The van der Waals surface area contributed by atoms with E-state index in [0.29, 0.717) is 6.04 Å². The van der Waals surface area contributed by atoms with Crippen LogP contribution in [0.1, 0.15) is 34.1 Å². The van der Waals surface area contributed by atoms with E-state index in [-0.39, 0.29) is 0 Å². The third kappa shape index (κ3) is 1.99. The molecule has 1 N–H and O–H groups in total. The van der Waals surface area contributed by atoms with E-state index in [9.17, 15) is 0 Å². The van der Waals surface area contributed by atoms with E-state index in [4.69, 9.17) is 0 Å². The van der Waals surface area contributed by atoms with Crippen LogP contribution in [0.15, 0.2) is 0 Å². The monoisotopic (exact) mass is 170 g/mol. The van der Waals surface area contributed by atoms with Crippen LogP contribution in [-0.2, 0) is 0 Å². The highest BCUT2D eigenvalue weighted by molar-refractivity contribution is 4.85. The molecule has 12 heavy (non-hydrogen) atoms. The zero-order chi connectivity index (χ0) is 9.30. The Kier molecular flexibility index (Phi) is 3.13. The molecule has 0 bridgehead atoms. The van der Waals surface area contributed by atoms with E-state index in [1.54, 1.807) is 0 Å². The molecule has 1 aliphatic rings. The van der Waals surface area contributed by atoms with Crippen LogP contribution in [0.5, 0.6) is 0 Å². The fraction of sp³-hybridized carbons (Fsp3) is 1.00. The standard InChI is InChI=1S/C10H22N2/c1-7(2)9-6-10(8(3)4)12(5)11-9/h7-11H,6H2,1-5H3. The summed E-state index contributed by atoms with van der Waals surface area (Å²) in [5.74, 6) is 1.50. The van der Waals surface area contributed by atoms with E-state index in [1.807, 2.05) is 0 Å². The molecule has 72 valence electrons. The van der Waals surface area contributed by atoms with Crippen molar-refractivity contribution in [3.63, 3.8) is 0 Å². The zero-order valence-electron chi connectivity index (χ0n) is 8.96. The number of hydrogen-bond acceptors (Lipinski definition) is 2. The van der Waals surface area contributed by atoms with Gasteiger partial charge >= 0.3 is 0 Å². The van der Waals surface area contributed by atoms with Gasteiger partial charge in [-0.15, -0.1) is 0 Å². The lowest BCUT2D eigenvalue weighted by molar-refractivity contribution is 0.184. The summed E-state index contributed by atoms with van der Waals surface area (Å²) < 4.78 is 0. The highest BCUT2D eigenvalue weighted by Gasteiger charge is 2.32. The van der Waals surface area contributed by atoms with E-state index in [2.05, 4.69) is 45.2 Å². The molecule has 2 atom stereocenters. The minimum Gasteiger partial charge on any atom is -0.252 e. The van der Waals surface area contributed by atoms with Gasteiger partial charge in [0.05, 0.1) is 0 Å². The second-order valence-electron chi connectivity index (χ2n) is 4.64. The van der Waals surface area contributed by atoms with Gasteiger partial charge in [0, 0.05) is 19.1 Å². The van der Waals surface area contributed by atoms with Crippen LogP contribution in [0.2, 0.25) is 0 Å². The van der Waals surface area contributed by atoms with Crippen molar-refractivity contribution in [3.8, 4) is 0 Å². The average Bonchev–Trinajstić information content (AvgIpc) is 2.30. The molecule has 0 aromatic heterocycles. The van der Waals surface area contributed by atoms with Gasteiger partial charge < -0.3 is 0 Å². The van der Waals surface area contributed by atoms with Crippen molar-refractivity contribution >= 4 is 0 Å². The molecular weight excluding hydrogens is 148 g/mol. The first-order valence-corrected chi connectivity index (χ1v) is 5.01. The molecule has 0 spiro atoms. The molecule has 2 heteroatoms. The largest absolute Gasteiger partial charge is 0.252 e. The second-order valence-corrected chi connectivity index (χ2v) is 4.64. The summed E-state index contributed by atoms with van der Waals surface area (Å²) in [4.78, 5) is 0. The van der Waals surface area contributed by atoms with Gasteiger partial charge in [-0.3, -0.25) is 5.43 Å². The maximum absolute atomic E-state index is 3.52. The highest BCUT2D eigenvalue weighted by atomic mass is 15.5. The number of hydrazine groups is 1. The predicted octanol–water partition coefficient (Wildman–Crippen LogP) is 1.88. The molecule has 2 unspecified atom stereocenters. The van der Waals surface area contributed by atoms with E-state index in [0.717, 1.165) is 17.9 Å². The average molecular weight is 170 g/mol. The maximum atomic E-state index is 3.52. The Labute approximate surface area is 76.3 Å². The topological polar surface area (TPSA) is 15.3 Å². The lowest BCUT2D eigenvalue weighted by Crippen LogP contribution is -2.39. The Hall–Kier alpha value is -0.0800. The van der Waals surface area contributed by atoms with Crippen molar-refractivity contribution in [2.75, 3.05) is 7.05 Å². The van der Waals surface area contributed by atoms with Crippen LogP contribution >= 0.6 is 0 Å². The third-order valence-corrected chi connectivity index (χ3v) is 2.94. The molecule has 1 rings (SSSR count). The van der Waals surface area contributed by atoms with E-state index in [1.165, 1.54) is 6.42 Å². The Balaban J connectivity index is 2.50. The number of nitrogens with one attached hydrogen (secondary N) is 1. The van der Waals surface area contributed by atoms with Gasteiger partial charge in [-0.2, -0.15) is 0 Å². The summed E-state index contributed by atoms with van der Waals surface area (Å²) >= 11 is 0. The summed E-state index contributed by atoms with van der Waals surface area (Å²) in [5.41, 5.74) is 3.52. The first-order valence-electron chi connectivity index (χ1n) is 5.01. The van der Waals surface area contributed by atoms with Gasteiger partial charge in [-0.25, -0.2) is 5.01 Å². The summed E-state index contributed by atoms with van der Waals surface area (Å²) in [6.07, 6.45) is 1.30. The number of rotatable bonds is 2. The fourth-order valence-corrected chi connectivity index (χ4v) is 1.97. The van der Waals surface area contributed by atoms with Crippen molar-refractivity contribution in [1.29, 1.82) is 0 Å². The minimum atomic E-state index is 0.683. The van der Waals surface area contributed by atoms with Crippen LogP contribution in [0.4, 0.5) is 0 Å². The highest BCUT2D eigenvalue weighted by Crippen LogP contribution is 2.23. The Morgan fingerprint density at radius 1 is 1.17 bits per heavy atom. The Morgan fingerprint density at radius 3 is 2.00 bits per heavy atom. The molecule has 0 aromatic rings. The van der Waals surface area contributed by atoms with Crippen LogP contribution in [0, 0.1) is 11.8 Å². The zero-order valence-corrected chi connectivity index (χ0v) is 8.96. The SMILES string of the molecule is CC(C)C1CC(C(C)C)N(C)N1. The van der Waals surface area contributed by atoms with Crippen molar-refractivity contribution in [1.82, 2.24) is 10.4 Å². The summed E-state index contributed by atoms with van der Waals surface area (Å²) in [6, 6.07) is 1.40. The first-order chi connectivity index (χ1) is 5.52. The van der Waals surface area contributed by atoms with Gasteiger partial charge in [0.1, 0.15) is 0 Å². The molecule has 0 aromatic carbocycles. The fourth-order valence-electron chi connectivity index (χ4n) is 1.97. The molecular formula is C10H22N2. The molecule has 0 radical (unpaired) electrons. The predicted molar refractivity (Wildman–Crippen MR) is 52.8 cm³/mol. The molecule has 2 nitrogen and oxygen atoms in total. The maximum Gasteiger partial charge on any atom is 0.0278 e. The summed E-state index contributed by atoms with van der Waals surface area (Å²) in [7, 11) is 2.16. The van der Waals surface area contributed by atoms with Crippen LogP contribution in [0.25, 0.3) is 0 Å². The molecule has 1 heterocycles. The second kappa shape index (κ2) is 3.75. The van der Waals surface area contributed by atoms with Crippen molar-refractivity contribution < 1.29 is 0 Å². The lowest BCUT2D eigenvalue weighted by atomic mass is 9.94. The summed E-state index contributed by atoms with van der Waals surface area (Å²) in [6.45, 7) is 9.17. The quantitative estimate of drug-likeness (QED) is 0.680. The van der Waals surface area contributed by atoms with Gasteiger partial charge in [0.15, 0.2) is 0 Å². The normalized spacial score (nSPS) is 32.2. The van der Waals surface area contributed by atoms with Crippen LogP contribution in [0.3, 0.4) is 0 Å². The first kappa shape index (κ1) is 10.0. The minimum absolute atomic E-state index is 0.683. The van der Waals surface area contributed by atoms with Crippen molar-refractivity contribution in [2.45, 2.75) is 46.2 Å². The van der Waals surface area contributed by atoms with Crippen LogP contribution in [-0.4, -0.2) is 24.1 Å². The molecule has 1 aliphatic heterocycles. The van der Waals surface area contributed by atoms with Gasteiger partial charge in [-0.05, 0) is 18.3 Å². The van der Waals surface area contributed by atoms with Gasteiger partial charge in [0.25, 0.3) is 0 Å². The van der Waals surface area contributed by atoms with E-state index >= 15 is 0 Å². The molecule has 0 amide bonds. The number of hydrogen-bond donors (Lipinski definition) is 1. The smallest absolute Gasteiger partial charge is 0.0278 e. The van der Waals surface area contributed by atoms with Gasteiger partial charge in [0.2, 0.25) is 0 Å². The molecule has 0 aliphatic carbocycles.